The molecule has 2 nitrogen and oxygen atoms in total. The van der Waals surface area contributed by atoms with Crippen LogP contribution in [-0.2, 0) is 5.41 Å². The van der Waals surface area contributed by atoms with Gasteiger partial charge in [-0.15, -0.1) is 0 Å². The summed E-state index contributed by atoms with van der Waals surface area (Å²) in [5, 5.41) is 0. The molecule has 10 rings (SSSR count). The summed E-state index contributed by atoms with van der Waals surface area (Å²) in [7, 11) is 0. The van der Waals surface area contributed by atoms with Crippen LogP contribution in [0.4, 0.5) is 17.1 Å². The highest BCUT2D eigenvalue weighted by molar-refractivity contribution is 5.83. The molecule has 59 heavy (non-hydrogen) atoms. The van der Waals surface area contributed by atoms with Crippen molar-refractivity contribution in [3.63, 3.8) is 0 Å². The van der Waals surface area contributed by atoms with Gasteiger partial charge in [0.2, 0.25) is 0 Å². The van der Waals surface area contributed by atoms with Gasteiger partial charge in [0, 0.05) is 39.2 Å². The van der Waals surface area contributed by atoms with Crippen LogP contribution in [0, 0.1) is 0 Å². The fraction of sp³-hybridized carbons (Fsp3) is 0.0526. The lowest BCUT2D eigenvalue weighted by Gasteiger charge is -2.35. The Morgan fingerprint density at radius 3 is 1.08 bits per heavy atom. The number of anilines is 3. The van der Waals surface area contributed by atoms with Crippen LogP contribution in [0.3, 0.4) is 0 Å². The predicted molar refractivity (Wildman–Crippen MR) is 247 cm³/mol. The molecule has 0 saturated heterocycles. The molecular formula is C57H43NO. The summed E-state index contributed by atoms with van der Waals surface area (Å²) in [6, 6.07) is 80.4. The average molecular weight is 758 g/mol. The summed E-state index contributed by atoms with van der Waals surface area (Å²) >= 11 is 0. The van der Waals surface area contributed by atoms with Crippen LogP contribution in [0.15, 0.2) is 224 Å². The molecule has 0 amide bonds. The van der Waals surface area contributed by atoms with E-state index in [1.807, 2.05) is 6.07 Å². The maximum atomic E-state index is 6.66. The summed E-state index contributed by atoms with van der Waals surface area (Å²) in [6.45, 7) is 4.57. The highest BCUT2D eigenvalue weighted by atomic mass is 16.5. The van der Waals surface area contributed by atoms with E-state index in [0.717, 1.165) is 39.7 Å². The van der Waals surface area contributed by atoms with E-state index in [1.54, 1.807) is 0 Å². The van der Waals surface area contributed by atoms with Gasteiger partial charge in [0.05, 0.1) is 0 Å². The fourth-order valence-corrected chi connectivity index (χ4v) is 8.51. The molecule has 0 aliphatic carbocycles. The highest BCUT2D eigenvalue weighted by Gasteiger charge is 2.35. The fourth-order valence-electron chi connectivity index (χ4n) is 8.51. The van der Waals surface area contributed by atoms with E-state index < -0.39 is 0 Å². The van der Waals surface area contributed by atoms with Crippen molar-refractivity contribution in [2.45, 2.75) is 19.3 Å². The van der Waals surface area contributed by atoms with E-state index in [2.05, 4.69) is 237 Å². The molecule has 0 radical (unpaired) electrons. The van der Waals surface area contributed by atoms with Crippen LogP contribution in [0.25, 0.3) is 55.6 Å². The Bertz CT molecular complexity index is 2730. The van der Waals surface area contributed by atoms with Crippen molar-refractivity contribution in [3.8, 4) is 67.1 Å². The van der Waals surface area contributed by atoms with Crippen molar-refractivity contribution >= 4 is 17.1 Å². The molecular weight excluding hydrogens is 715 g/mol. The third-order valence-electron chi connectivity index (χ3n) is 11.8. The quantitative estimate of drug-likeness (QED) is 0.153. The van der Waals surface area contributed by atoms with Crippen LogP contribution in [0.2, 0.25) is 0 Å². The third kappa shape index (κ3) is 6.89. The molecule has 9 aromatic rings. The van der Waals surface area contributed by atoms with Gasteiger partial charge in [-0.2, -0.15) is 0 Å². The number of nitrogens with zero attached hydrogens (tertiary/aromatic N) is 1. The van der Waals surface area contributed by atoms with Gasteiger partial charge in [0.15, 0.2) is 0 Å². The molecule has 1 aliphatic heterocycles. The maximum absolute atomic E-state index is 6.66. The van der Waals surface area contributed by atoms with Crippen LogP contribution in [-0.4, -0.2) is 0 Å². The van der Waals surface area contributed by atoms with Gasteiger partial charge >= 0.3 is 0 Å². The first-order valence-corrected chi connectivity index (χ1v) is 20.3. The second-order valence-electron chi connectivity index (χ2n) is 15.8. The van der Waals surface area contributed by atoms with Crippen LogP contribution < -0.4 is 9.64 Å². The summed E-state index contributed by atoms with van der Waals surface area (Å²) in [5.74, 6) is 1.85. The molecule has 0 unspecified atom stereocenters. The lowest BCUT2D eigenvalue weighted by atomic mass is 9.75. The van der Waals surface area contributed by atoms with Gasteiger partial charge in [0.1, 0.15) is 11.5 Å². The summed E-state index contributed by atoms with van der Waals surface area (Å²) in [6.07, 6.45) is 0. The normalized spacial score (nSPS) is 12.5. The van der Waals surface area contributed by atoms with Crippen molar-refractivity contribution in [3.05, 3.63) is 236 Å². The van der Waals surface area contributed by atoms with E-state index in [9.17, 15) is 0 Å². The van der Waals surface area contributed by atoms with Gasteiger partial charge < -0.3 is 9.64 Å². The van der Waals surface area contributed by atoms with Crippen LogP contribution >= 0.6 is 0 Å². The van der Waals surface area contributed by atoms with Gasteiger partial charge in [0.25, 0.3) is 0 Å². The predicted octanol–water partition coefficient (Wildman–Crippen LogP) is 15.9. The average Bonchev–Trinajstić information content (AvgIpc) is 3.30. The Hall–Kier alpha value is -7.42. The van der Waals surface area contributed by atoms with Crippen molar-refractivity contribution in [2.75, 3.05) is 4.90 Å². The zero-order valence-corrected chi connectivity index (χ0v) is 33.2. The molecule has 0 spiro atoms. The zero-order chi connectivity index (χ0) is 39.8. The van der Waals surface area contributed by atoms with E-state index >= 15 is 0 Å². The number of para-hydroxylation sites is 2. The van der Waals surface area contributed by atoms with Gasteiger partial charge in [-0.1, -0.05) is 196 Å². The Morgan fingerprint density at radius 2 is 0.644 bits per heavy atom. The Balaban J connectivity index is 0.987. The Morgan fingerprint density at radius 1 is 0.305 bits per heavy atom. The van der Waals surface area contributed by atoms with Crippen LogP contribution in [0.1, 0.15) is 25.0 Å². The minimum atomic E-state index is -0.177. The molecule has 0 bridgehead atoms. The number of benzene rings is 9. The lowest BCUT2D eigenvalue weighted by Crippen LogP contribution is -2.24. The van der Waals surface area contributed by atoms with Gasteiger partial charge in [-0.3, -0.25) is 0 Å². The lowest BCUT2D eigenvalue weighted by molar-refractivity contribution is 0.419. The molecule has 282 valence electrons. The number of ether oxygens (including phenoxy) is 1. The maximum Gasteiger partial charge on any atom is 0.139 e. The largest absolute Gasteiger partial charge is 0.456 e. The molecule has 0 N–H and O–H groups in total. The summed E-state index contributed by atoms with van der Waals surface area (Å²) in [4.78, 5) is 2.34. The van der Waals surface area contributed by atoms with E-state index in [0.29, 0.717) is 0 Å². The highest BCUT2D eigenvalue weighted by Crippen LogP contribution is 2.51. The molecule has 0 aromatic heterocycles. The molecule has 1 aliphatic rings. The first kappa shape index (κ1) is 36.0. The number of hydrogen-bond donors (Lipinski definition) is 0. The molecule has 0 atom stereocenters. The summed E-state index contributed by atoms with van der Waals surface area (Å²) < 4.78 is 6.66. The standard InChI is InChI=1S/C57H43NO/c1-57(2)53-17-9-10-19-55(53)59-56-52(16-11-18-54(56)57)48-32-38-51(39-33-48)58(49-34-28-46(29-35-49)44-24-20-42(21-25-44)40-12-5-3-6-13-40)50-36-30-47(31-37-50)45-26-22-43(23-27-45)41-14-7-4-8-15-41/h3-39H,1-2H3. The Kier molecular flexibility index (Phi) is 9.24. The topological polar surface area (TPSA) is 12.5 Å². The van der Waals surface area contributed by atoms with E-state index in [4.69, 9.17) is 4.74 Å². The van der Waals surface area contributed by atoms with E-state index in [1.165, 1.54) is 55.6 Å². The number of hydrogen-bond acceptors (Lipinski definition) is 2. The van der Waals surface area contributed by atoms with Crippen molar-refractivity contribution in [1.82, 2.24) is 0 Å². The smallest absolute Gasteiger partial charge is 0.139 e. The first-order chi connectivity index (χ1) is 29.0. The summed E-state index contributed by atoms with van der Waals surface area (Å²) in [5.41, 5.74) is 17.3. The van der Waals surface area contributed by atoms with E-state index in [-0.39, 0.29) is 5.41 Å². The van der Waals surface area contributed by atoms with Gasteiger partial charge in [-0.25, -0.2) is 0 Å². The zero-order valence-electron chi connectivity index (χ0n) is 33.2. The number of rotatable bonds is 8. The monoisotopic (exact) mass is 757 g/mol. The van der Waals surface area contributed by atoms with Crippen molar-refractivity contribution < 1.29 is 4.74 Å². The Labute approximate surface area is 347 Å². The SMILES string of the molecule is CC1(C)c2ccccc2Oc2c(-c3ccc(N(c4ccc(-c5ccc(-c6ccccc6)cc5)cc4)c4ccc(-c5ccc(-c6ccccc6)cc5)cc4)cc3)cccc21. The van der Waals surface area contributed by atoms with Gasteiger partial charge in [-0.05, 0) is 92.5 Å². The minimum absolute atomic E-state index is 0.177. The minimum Gasteiger partial charge on any atom is -0.456 e. The second kappa shape index (κ2) is 15.2. The first-order valence-electron chi connectivity index (χ1n) is 20.3. The van der Waals surface area contributed by atoms with Crippen molar-refractivity contribution in [2.24, 2.45) is 0 Å². The van der Waals surface area contributed by atoms with Crippen molar-refractivity contribution in [1.29, 1.82) is 0 Å². The molecule has 2 heteroatoms. The third-order valence-corrected chi connectivity index (χ3v) is 11.8. The second-order valence-corrected chi connectivity index (χ2v) is 15.8. The van der Waals surface area contributed by atoms with Crippen LogP contribution in [0.5, 0.6) is 11.5 Å². The molecule has 0 fully saturated rings. The molecule has 1 heterocycles. The molecule has 9 aromatic carbocycles. The molecule has 0 saturated carbocycles. The number of fused-ring (bicyclic) bond motifs is 2.